The fraction of sp³-hybridized carbons (Fsp3) is 0.263. The van der Waals surface area contributed by atoms with Crippen LogP contribution in [0.5, 0.6) is 11.5 Å². The van der Waals surface area contributed by atoms with Crippen LogP contribution in [0.1, 0.15) is 25.0 Å². The Morgan fingerprint density at radius 1 is 1.32 bits per heavy atom. The van der Waals surface area contributed by atoms with Crippen molar-refractivity contribution in [3.63, 3.8) is 0 Å². The molecule has 1 N–H and O–H groups in total. The van der Waals surface area contributed by atoms with Crippen LogP contribution >= 0.6 is 11.6 Å². The fourth-order valence-corrected chi connectivity index (χ4v) is 2.33. The van der Waals surface area contributed by atoms with Crippen molar-refractivity contribution in [1.29, 1.82) is 0 Å². The minimum absolute atomic E-state index is 0.0272. The number of benzene rings is 1. The molecule has 0 fully saturated rings. The lowest BCUT2D eigenvalue weighted by Gasteiger charge is -2.15. The smallest absolute Gasteiger partial charge is 0.249 e. The normalized spacial score (nSPS) is 11.0. The van der Waals surface area contributed by atoms with Crippen molar-refractivity contribution in [2.24, 2.45) is 0 Å². The molecule has 0 bridgehead atoms. The monoisotopic (exact) mass is 360 g/mol. The van der Waals surface area contributed by atoms with Gasteiger partial charge in [-0.1, -0.05) is 17.7 Å². The van der Waals surface area contributed by atoms with Crippen LogP contribution in [0.3, 0.4) is 0 Å². The van der Waals surface area contributed by atoms with Gasteiger partial charge in [0, 0.05) is 12.3 Å². The average molecular weight is 361 g/mol. The zero-order chi connectivity index (χ0) is 18.4. The molecule has 1 heterocycles. The number of nitrogens with one attached hydrogen (secondary N) is 1. The molecule has 0 unspecified atom stereocenters. The number of aryl methyl sites for hydroxylation is 1. The van der Waals surface area contributed by atoms with Crippen molar-refractivity contribution < 1.29 is 14.3 Å². The molecule has 6 heteroatoms. The lowest BCUT2D eigenvalue weighted by Crippen LogP contribution is -2.09. The van der Waals surface area contributed by atoms with Gasteiger partial charge < -0.3 is 14.8 Å². The summed E-state index contributed by atoms with van der Waals surface area (Å²) in [6.45, 7) is 5.75. The second-order valence-corrected chi connectivity index (χ2v) is 6.15. The molecular formula is C19H21ClN2O3. The van der Waals surface area contributed by atoms with Gasteiger partial charge in [-0.3, -0.25) is 4.79 Å². The minimum Gasteiger partial charge on any atom is -0.493 e. The summed E-state index contributed by atoms with van der Waals surface area (Å²) in [5, 5.41) is 3.12. The Hall–Kier alpha value is -2.53. The van der Waals surface area contributed by atoms with Crippen molar-refractivity contribution in [2.75, 3.05) is 12.4 Å². The van der Waals surface area contributed by atoms with Gasteiger partial charge in [-0.15, -0.1) is 0 Å². The number of pyridine rings is 1. The molecule has 0 atom stereocenters. The number of carbonyl (C=O) groups is 1. The largest absolute Gasteiger partial charge is 0.493 e. The summed E-state index contributed by atoms with van der Waals surface area (Å²) < 4.78 is 11.0. The number of hydrogen-bond acceptors (Lipinski definition) is 4. The zero-order valence-electron chi connectivity index (χ0n) is 14.7. The van der Waals surface area contributed by atoms with E-state index in [2.05, 4.69) is 10.3 Å². The summed E-state index contributed by atoms with van der Waals surface area (Å²) in [6.07, 6.45) is 4.73. The van der Waals surface area contributed by atoms with Crippen LogP contribution in [0.2, 0.25) is 5.02 Å². The molecular weight excluding hydrogens is 340 g/mol. The Balaban J connectivity index is 2.13. The van der Waals surface area contributed by atoms with E-state index in [0.717, 1.165) is 11.1 Å². The van der Waals surface area contributed by atoms with E-state index in [4.69, 9.17) is 21.1 Å². The number of hydrogen-bond donors (Lipinski definition) is 1. The fourth-order valence-electron chi connectivity index (χ4n) is 2.07. The number of ether oxygens (including phenoxy) is 2. The van der Waals surface area contributed by atoms with Gasteiger partial charge in [-0.25, -0.2) is 4.98 Å². The molecule has 0 radical (unpaired) electrons. The quantitative estimate of drug-likeness (QED) is 0.771. The maximum absolute atomic E-state index is 12.0. The SMILES string of the molecule is COc1cc(/C=C/C(=O)Nc2ccc(C)cn2)cc(Cl)c1OC(C)C. The first-order valence-corrected chi connectivity index (χ1v) is 8.22. The highest BCUT2D eigenvalue weighted by Gasteiger charge is 2.12. The molecule has 0 aliphatic rings. The molecule has 1 aromatic carbocycles. The van der Waals surface area contributed by atoms with Crippen LogP contribution < -0.4 is 14.8 Å². The van der Waals surface area contributed by atoms with Crippen molar-refractivity contribution in [2.45, 2.75) is 26.9 Å². The molecule has 1 amide bonds. The maximum Gasteiger partial charge on any atom is 0.249 e. The topological polar surface area (TPSA) is 60.5 Å². The maximum atomic E-state index is 12.0. The second kappa shape index (κ2) is 8.53. The molecule has 2 aromatic rings. The third-order valence-corrected chi connectivity index (χ3v) is 3.48. The van der Waals surface area contributed by atoms with E-state index in [1.54, 1.807) is 37.6 Å². The standard InChI is InChI=1S/C19H21ClN2O3/c1-12(2)25-19-15(20)9-14(10-16(19)24-4)6-8-18(23)22-17-7-5-13(3)11-21-17/h5-12H,1-4H3,(H,21,22,23)/b8-6+. The zero-order valence-corrected chi connectivity index (χ0v) is 15.4. The van der Waals surface area contributed by atoms with E-state index in [0.29, 0.717) is 22.3 Å². The van der Waals surface area contributed by atoms with Crippen molar-refractivity contribution in [3.05, 3.63) is 52.7 Å². The summed E-state index contributed by atoms with van der Waals surface area (Å²) in [6, 6.07) is 7.11. The number of amides is 1. The summed E-state index contributed by atoms with van der Waals surface area (Å²) in [5.41, 5.74) is 1.75. The summed E-state index contributed by atoms with van der Waals surface area (Å²) in [5.74, 6) is 1.22. The van der Waals surface area contributed by atoms with Crippen molar-refractivity contribution >= 4 is 29.4 Å². The van der Waals surface area contributed by atoms with E-state index >= 15 is 0 Å². The molecule has 0 saturated carbocycles. The summed E-state index contributed by atoms with van der Waals surface area (Å²) in [7, 11) is 1.54. The van der Waals surface area contributed by atoms with Gasteiger partial charge in [0.1, 0.15) is 5.82 Å². The molecule has 0 aliphatic carbocycles. The van der Waals surface area contributed by atoms with E-state index in [1.807, 2.05) is 26.8 Å². The van der Waals surface area contributed by atoms with Gasteiger partial charge in [-0.2, -0.15) is 0 Å². The Bertz CT molecular complexity index is 771. The highest BCUT2D eigenvalue weighted by molar-refractivity contribution is 6.32. The number of aromatic nitrogens is 1. The van der Waals surface area contributed by atoms with Crippen LogP contribution in [0.4, 0.5) is 5.82 Å². The number of rotatable bonds is 6. The van der Waals surface area contributed by atoms with E-state index < -0.39 is 0 Å². The molecule has 132 valence electrons. The van der Waals surface area contributed by atoms with Crippen LogP contribution in [-0.4, -0.2) is 24.1 Å². The Labute approximate surface area is 152 Å². The summed E-state index contributed by atoms with van der Waals surface area (Å²) in [4.78, 5) is 16.1. The summed E-state index contributed by atoms with van der Waals surface area (Å²) >= 11 is 6.27. The number of nitrogens with zero attached hydrogens (tertiary/aromatic N) is 1. The molecule has 0 aliphatic heterocycles. The minimum atomic E-state index is -0.283. The third-order valence-electron chi connectivity index (χ3n) is 3.20. The predicted octanol–water partition coefficient (Wildman–Crippen LogP) is 4.49. The first-order chi connectivity index (χ1) is 11.9. The molecule has 0 spiro atoms. The molecule has 25 heavy (non-hydrogen) atoms. The van der Waals surface area contributed by atoms with Crippen LogP contribution in [0, 0.1) is 6.92 Å². The van der Waals surface area contributed by atoms with Crippen LogP contribution in [0.25, 0.3) is 6.08 Å². The Morgan fingerprint density at radius 2 is 2.08 bits per heavy atom. The second-order valence-electron chi connectivity index (χ2n) is 5.74. The molecule has 0 saturated heterocycles. The van der Waals surface area contributed by atoms with Crippen LogP contribution in [0.15, 0.2) is 36.5 Å². The lowest BCUT2D eigenvalue weighted by atomic mass is 10.2. The molecule has 2 rings (SSSR count). The molecule has 5 nitrogen and oxygen atoms in total. The van der Waals surface area contributed by atoms with E-state index in [-0.39, 0.29) is 12.0 Å². The van der Waals surface area contributed by atoms with Crippen LogP contribution in [-0.2, 0) is 4.79 Å². The van der Waals surface area contributed by atoms with Gasteiger partial charge in [0.05, 0.1) is 18.2 Å². The highest BCUT2D eigenvalue weighted by Crippen LogP contribution is 2.37. The molecule has 1 aromatic heterocycles. The number of anilines is 1. The average Bonchev–Trinajstić information content (AvgIpc) is 2.56. The van der Waals surface area contributed by atoms with Gasteiger partial charge in [-0.05, 0) is 56.2 Å². The number of carbonyl (C=O) groups excluding carboxylic acids is 1. The first-order valence-electron chi connectivity index (χ1n) is 7.85. The highest BCUT2D eigenvalue weighted by atomic mass is 35.5. The van der Waals surface area contributed by atoms with Crippen molar-refractivity contribution in [1.82, 2.24) is 4.98 Å². The number of halogens is 1. The predicted molar refractivity (Wildman–Crippen MR) is 100 cm³/mol. The van der Waals surface area contributed by atoms with E-state index in [1.165, 1.54) is 6.08 Å². The lowest BCUT2D eigenvalue weighted by molar-refractivity contribution is -0.111. The van der Waals surface area contributed by atoms with E-state index in [9.17, 15) is 4.79 Å². The Morgan fingerprint density at radius 3 is 2.68 bits per heavy atom. The Kier molecular flexibility index (Phi) is 6.42. The van der Waals surface area contributed by atoms with Gasteiger partial charge >= 0.3 is 0 Å². The van der Waals surface area contributed by atoms with Gasteiger partial charge in [0.15, 0.2) is 11.5 Å². The van der Waals surface area contributed by atoms with Gasteiger partial charge in [0.25, 0.3) is 0 Å². The van der Waals surface area contributed by atoms with Gasteiger partial charge in [0.2, 0.25) is 5.91 Å². The third kappa shape index (κ3) is 5.50. The first kappa shape index (κ1) is 18.8. The van der Waals surface area contributed by atoms with Crippen molar-refractivity contribution in [3.8, 4) is 11.5 Å². The number of methoxy groups -OCH3 is 1.